The number of amides is 1. The van der Waals surface area contributed by atoms with Gasteiger partial charge in [0.1, 0.15) is 0 Å². The molecular formula is C13H19BrN2O4S. The standard InChI is InChI=1S/C13H19BrN2O4S/c1-20-8-7-15-13(17)10-16(21(2,18)19)9-11-3-5-12(14)6-4-11/h3-6H,7-10H2,1-2H3,(H,15,17). The number of benzene rings is 1. The number of methoxy groups -OCH3 is 1. The van der Waals surface area contributed by atoms with Crippen molar-refractivity contribution in [3.63, 3.8) is 0 Å². The number of nitrogens with zero attached hydrogens (tertiary/aromatic N) is 1. The lowest BCUT2D eigenvalue weighted by molar-refractivity contribution is -0.121. The molecule has 1 aromatic rings. The zero-order valence-corrected chi connectivity index (χ0v) is 14.4. The largest absolute Gasteiger partial charge is 0.383 e. The number of carbonyl (C=O) groups is 1. The zero-order chi connectivity index (χ0) is 15.9. The maximum absolute atomic E-state index is 11.8. The first kappa shape index (κ1) is 18.1. The molecule has 21 heavy (non-hydrogen) atoms. The monoisotopic (exact) mass is 378 g/mol. The second-order valence-electron chi connectivity index (χ2n) is 4.50. The minimum absolute atomic E-state index is 0.157. The van der Waals surface area contributed by atoms with Crippen LogP contribution in [0.5, 0.6) is 0 Å². The summed E-state index contributed by atoms with van der Waals surface area (Å²) in [5, 5.41) is 2.60. The van der Waals surface area contributed by atoms with E-state index in [0.29, 0.717) is 13.2 Å². The van der Waals surface area contributed by atoms with Gasteiger partial charge in [0.15, 0.2) is 0 Å². The van der Waals surface area contributed by atoms with Crippen molar-refractivity contribution >= 4 is 31.9 Å². The van der Waals surface area contributed by atoms with Gasteiger partial charge >= 0.3 is 0 Å². The van der Waals surface area contributed by atoms with Gasteiger partial charge in [0.05, 0.1) is 19.4 Å². The zero-order valence-electron chi connectivity index (χ0n) is 12.0. The topological polar surface area (TPSA) is 75.7 Å². The van der Waals surface area contributed by atoms with Crippen molar-refractivity contribution in [1.82, 2.24) is 9.62 Å². The molecular weight excluding hydrogens is 360 g/mol. The quantitative estimate of drug-likeness (QED) is 0.683. The maximum Gasteiger partial charge on any atom is 0.235 e. The third-order valence-electron chi connectivity index (χ3n) is 2.69. The van der Waals surface area contributed by atoms with Crippen LogP contribution in [0, 0.1) is 0 Å². The summed E-state index contributed by atoms with van der Waals surface area (Å²) in [6.07, 6.45) is 1.09. The average molecular weight is 379 g/mol. The Morgan fingerprint density at radius 2 is 1.95 bits per heavy atom. The number of carbonyl (C=O) groups excluding carboxylic acids is 1. The number of ether oxygens (including phenoxy) is 1. The minimum Gasteiger partial charge on any atom is -0.383 e. The van der Waals surface area contributed by atoms with Crippen molar-refractivity contribution < 1.29 is 17.9 Å². The molecule has 0 aromatic heterocycles. The molecule has 0 fully saturated rings. The number of hydrogen-bond donors (Lipinski definition) is 1. The second-order valence-corrected chi connectivity index (χ2v) is 7.40. The Morgan fingerprint density at radius 3 is 2.48 bits per heavy atom. The van der Waals surface area contributed by atoms with Gasteiger partial charge in [0, 0.05) is 24.7 Å². The highest BCUT2D eigenvalue weighted by molar-refractivity contribution is 9.10. The number of rotatable bonds is 8. The molecule has 1 rings (SSSR count). The molecule has 1 aromatic carbocycles. The Labute approximate surface area is 133 Å². The smallest absolute Gasteiger partial charge is 0.235 e. The molecule has 1 amide bonds. The molecule has 0 saturated heterocycles. The van der Waals surface area contributed by atoms with Crippen molar-refractivity contribution in [2.75, 3.05) is 33.1 Å². The fourth-order valence-corrected chi connectivity index (χ4v) is 2.59. The summed E-state index contributed by atoms with van der Waals surface area (Å²) in [7, 11) is -1.94. The molecule has 0 unspecified atom stereocenters. The number of hydrogen-bond acceptors (Lipinski definition) is 4. The molecule has 0 saturated carbocycles. The van der Waals surface area contributed by atoms with Gasteiger partial charge in [-0.05, 0) is 17.7 Å². The highest BCUT2D eigenvalue weighted by Gasteiger charge is 2.20. The van der Waals surface area contributed by atoms with Crippen LogP contribution >= 0.6 is 15.9 Å². The van der Waals surface area contributed by atoms with E-state index < -0.39 is 10.0 Å². The Bertz CT molecular complexity index is 560. The van der Waals surface area contributed by atoms with Crippen LogP contribution in [0.25, 0.3) is 0 Å². The lowest BCUT2D eigenvalue weighted by atomic mass is 10.2. The van der Waals surface area contributed by atoms with Crippen LogP contribution in [-0.2, 0) is 26.1 Å². The van der Waals surface area contributed by atoms with E-state index in [9.17, 15) is 13.2 Å². The molecule has 6 nitrogen and oxygen atoms in total. The van der Waals surface area contributed by atoms with Gasteiger partial charge in [0.25, 0.3) is 0 Å². The SMILES string of the molecule is COCCNC(=O)CN(Cc1ccc(Br)cc1)S(C)(=O)=O. The second kappa shape index (κ2) is 8.47. The van der Waals surface area contributed by atoms with Gasteiger partial charge in [-0.3, -0.25) is 4.79 Å². The number of nitrogens with one attached hydrogen (secondary N) is 1. The molecule has 8 heteroatoms. The molecule has 0 bridgehead atoms. The van der Waals surface area contributed by atoms with E-state index in [1.807, 2.05) is 24.3 Å². The van der Waals surface area contributed by atoms with E-state index in [1.54, 1.807) is 0 Å². The first-order chi connectivity index (χ1) is 9.82. The van der Waals surface area contributed by atoms with E-state index >= 15 is 0 Å². The lowest BCUT2D eigenvalue weighted by Crippen LogP contribution is -2.40. The normalized spacial score (nSPS) is 11.6. The van der Waals surface area contributed by atoms with Crippen LogP contribution < -0.4 is 5.32 Å². The Balaban J connectivity index is 2.69. The summed E-state index contributed by atoms with van der Waals surface area (Å²) in [4.78, 5) is 11.7. The minimum atomic E-state index is -3.47. The third kappa shape index (κ3) is 7.03. The van der Waals surface area contributed by atoms with E-state index in [2.05, 4.69) is 21.2 Å². The highest BCUT2D eigenvalue weighted by atomic mass is 79.9. The van der Waals surface area contributed by atoms with Crippen molar-refractivity contribution in [2.24, 2.45) is 0 Å². The average Bonchev–Trinajstić information content (AvgIpc) is 2.40. The summed E-state index contributed by atoms with van der Waals surface area (Å²) in [5.41, 5.74) is 0.813. The third-order valence-corrected chi connectivity index (χ3v) is 4.41. The van der Waals surface area contributed by atoms with E-state index in [1.165, 1.54) is 7.11 Å². The summed E-state index contributed by atoms with van der Waals surface area (Å²) >= 11 is 3.32. The van der Waals surface area contributed by atoms with Crippen LogP contribution in [-0.4, -0.2) is 51.7 Å². The van der Waals surface area contributed by atoms with Crippen molar-refractivity contribution in [2.45, 2.75) is 6.54 Å². The molecule has 1 N–H and O–H groups in total. The highest BCUT2D eigenvalue weighted by Crippen LogP contribution is 2.13. The van der Waals surface area contributed by atoms with Gasteiger partial charge < -0.3 is 10.1 Å². The Kier molecular flexibility index (Phi) is 7.30. The number of sulfonamides is 1. The molecule has 0 spiro atoms. The van der Waals surface area contributed by atoms with E-state index in [0.717, 1.165) is 20.6 Å². The van der Waals surface area contributed by atoms with Crippen LogP contribution in [0.1, 0.15) is 5.56 Å². The van der Waals surface area contributed by atoms with Gasteiger partial charge in [-0.25, -0.2) is 8.42 Å². The first-order valence-corrected chi connectivity index (χ1v) is 8.92. The van der Waals surface area contributed by atoms with Gasteiger partial charge in [-0.2, -0.15) is 4.31 Å². The predicted molar refractivity (Wildman–Crippen MR) is 84.3 cm³/mol. The van der Waals surface area contributed by atoms with Gasteiger partial charge in [-0.15, -0.1) is 0 Å². The van der Waals surface area contributed by atoms with Crippen molar-refractivity contribution in [1.29, 1.82) is 0 Å². The molecule has 0 aliphatic carbocycles. The molecule has 0 aliphatic rings. The number of halogens is 1. The van der Waals surface area contributed by atoms with Crippen molar-refractivity contribution in [3.05, 3.63) is 34.3 Å². The summed E-state index contributed by atoms with van der Waals surface area (Å²) in [5.74, 6) is -0.352. The Hall–Kier alpha value is -0.960. The summed E-state index contributed by atoms with van der Waals surface area (Å²) < 4.78 is 30.4. The molecule has 0 radical (unpaired) electrons. The fourth-order valence-electron chi connectivity index (χ4n) is 1.59. The van der Waals surface area contributed by atoms with Crippen LogP contribution in [0.3, 0.4) is 0 Å². The fraction of sp³-hybridized carbons (Fsp3) is 0.462. The van der Waals surface area contributed by atoms with Gasteiger partial charge in [0.2, 0.25) is 15.9 Å². The Morgan fingerprint density at radius 1 is 1.33 bits per heavy atom. The molecule has 0 heterocycles. The van der Waals surface area contributed by atoms with Crippen LogP contribution in [0.15, 0.2) is 28.7 Å². The van der Waals surface area contributed by atoms with E-state index in [-0.39, 0.29) is 19.0 Å². The summed E-state index contributed by atoms with van der Waals surface area (Å²) in [6, 6.07) is 7.28. The van der Waals surface area contributed by atoms with Crippen LogP contribution in [0.2, 0.25) is 0 Å². The van der Waals surface area contributed by atoms with E-state index in [4.69, 9.17) is 4.74 Å². The lowest BCUT2D eigenvalue weighted by Gasteiger charge is -2.19. The molecule has 118 valence electrons. The predicted octanol–water partition coefficient (Wildman–Crippen LogP) is 0.973. The maximum atomic E-state index is 11.8. The van der Waals surface area contributed by atoms with Crippen molar-refractivity contribution in [3.8, 4) is 0 Å². The first-order valence-electron chi connectivity index (χ1n) is 6.28. The van der Waals surface area contributed by atoms with Gasteiger partial charge in [-0.1, -0.05) is 28.1 Å². The van der Waals surface area contributed by atoms with Crippen LogP contribution in [0.4, 0.5) is 0 Å². The molecule has 0 aliphatic heterocycles. The molecule has 0 atom stereocenters. The summed E-state index contributed by atoms with van der Waals surface area (Å²) in [6.45, 7) is 0.685.